The predicted octanol–water partition coefficient (Wildman–Crippen LogP) is 1.54. The monoisotopic (exact) mass is 392 g/mol. The summed E-state index contributed by atoms with van der Waals surface area (Å²) < 4.78 is 0. The van der Waals surface area contributed by atoms with Crippen LogP contribution in [0.15, 0.2) is 12.1 Å². The van der Waals surface area contributed by atoms with Crippen LogP contribution in [-0.2, 0) is 16.0 Å². The van der Waals surface area contributed by atoms with E-state index >= 15 is 0 Å². The van der Waals surface area contributed by atoms with Crippen molar-refractivity contribution in [3.05, 3.63) is 28.3 Å². The van der Waals surface area contributed by atoms with Crippen molar-refractivity contribution in [1.82, 2.24) is 10.2 Å². The van der Waals surface area contributed by atoms with E-state index in [4.69, 9.17) is 17.3 Å². The molecule has 1 aromatic rings. The second kappa shape index (κ2) is 7.86. The van der Waals surface area contributed by atoms with Gasteiger partial charge in [-0.15, -0.1) is 0 Å². The highest BCUT2D eigenvalue weighted by molar-refractivity contribution is 6.34. The van der Waals surface area contributed by atoms with Crippen LogP contribution in [0.25, 0.3) is 0 Å². The van der Waals surface area contributed by atoms with Crippen molar-refractivity contribution in [3.8, 4) is 0 Å². The summed E-state index contributed by atoms with van der Waals surface area (Å²) in [5.41, 5.74) is 7.49. The number of piperidine rings is 1. The summed E-state index contributed by atoms with van der Waals surface area (Å²) in [6.07, 6.45) is 1.89. The van der Waals surface area contributed by atoms with Crippen LogP contribution in [0.4, 0.5) is 5.69 Å². The van der Waals surface area contributed by atoms with Crippen molar-refractivity contribution >= 4 is 35.0 Å². The first kappa shape index (κ1) is 19.6. The molecule has 0 saturated carbocycles. The molecule has 7 nitrogen and oxygen atoms in total. The van der Waals surface area contributed by atoms with Gasteiger partial charge in [-0.05, 0) is 50.3 Å². The third kappa shape index (κ3) is 4.25. The quantitative estimate of drug-likeness (QED) is 0.722. The number of halogens is 1. The molecule has 27 heavy (non-hydrogen) atoms. The van der Waals surface area contributed by atoms with Crippen LogP contribution in [0.2, 0.25) is 5.02 Å². The van der Waals surface area contributed by atoms with Gasteiger partial charge >= 0.3 is 0 Å². The third-order valence-electron chi connectivity index (χ3n) is 5.37. The van der Waals surface area contributed by atoms with E-state index in [0.29, 0.717) is 29.4 Å². The van der Waals surface area contributed by atoms with Crippen LogP contribution < -0.4 is 16.4 Å². The highest BCUT2D eigenvalue weighted by Gasteiger charge is 2.29. The zero-order valence-corrected chi connectivity index (χ0v) is 16.3. The average molecular weight is 393 g/mol. The second-order valence-corrected chi connectivity index (χ2v) is 7.83. The van der Waals surface area contributed by atoms with Crippen LogP contribution in [0.5, 0.6) is 0 Å². The first-order chi connectivity index (χ1) is 12.8. The number of rotatable bonds is 4. The number of nitrogens with one attached hydrogen (secondary N) is 2. The summed E-state index contributed by atoms with van der Waals surface area (Å²) in [5.74, 6) is -0.0930. The number of carbonyl (C=O) groups excluding carboxylic acids is 3. The van der Waals surface area contributed by atoms with Gasteiger partial charge in [0.05, 0.1) is 23.0 Å². The second-order valence-electron chi connectivity index (χ2n) is 7.43. The Balaban J connectivity index is 1.60. The standard InChI is InChI=1S/C19H25ClN4O3/c1-10(21)19(27)24-5-3-12(4-6-24)11(2)22-18(26)14-7-13-8-17(25)23-16(13)9-15(14)20/h7,9-12H,3-6,8,21H2,1-2H3,(H,22,26)(H,23,25). The van der Waals surface area contributed by atoms with Crippen molar-refractivity contribution in [3.63, 3.8) is 0 Å². The number of nitrogens with zero attached hydrogens (tertiary/aromatic N) is 1. The maximum Gasteiger partial charge on any atom is 0.253 e. The number of hydrogen-bond donors (Lipinski definition) is 3. The van der Waals surface area contributed by atoms with Gasteiger partial charge in [0.1, 0.15) is 0 Å². The lowest BCUT2D eigenvalue weighted by atomic mass is 9.90. The van der Waals surface area contributed by atoms with Crippen molar-refractivity contribution in [2.75, 3.05) is 18.4 Å². The van der Waals surface area contributed by atoms with Crippen molar-refractivity contribution in [2.45, 2.75) is 45.2 Å². The van der Waals surface area contributed by atoms with Gasteiger partial charge in [0, 0.05) is 24.8 Å². The zero-order valence-electron chi connectivity index (χ0n) is 15.5. The Bertz CT molecular complexity index is 772. The Hall–Kier alpha value is -2.12. The van der Waals surface area contributed by atoms with E-state index in [1.165, 1.54) is 0 Å². The molecule has 1 saturated heterocycles. The smallest absolute Gasteiger partial charge is 0.253 e. The van der Waals surface area contributed by atoms with Crippen LogP contribution in [0.3, 0.4) is 0 Å². The number of benzene rings is 1. The van der Waals surface area contributed by atoms with Crippen LogP contribution in [0.1, 0.15) is 42.6 Å². The number of anilines is 1. The maximum atomic E-state index is 12.7. The summed E-state index contributed by atoms with van der Waals surface area (Å²) in [7, 11) is 0. The molecule has 2 aliphatic rings. The largest absolute Gasteiger partial charge is 0.349 e. The summed E-state index contributed by atoms with van der Waals surface area (Å²) >= 11 is 6.24. The first-order valence-electron chi connectivity index (χ1n) is 9.23. The molecule has 2 aliphatic heterocycles. The summed E-state index contributed by atoms with van der Waals surface area (Å²) in [6, 6.07) is 2.78. The number of hydrogen-bond acceptors (Lipinski definition) is 4. The SMILES string of the molecule is CC(N)C(=O)N1CCC(C(C)NC(=O)c2cc3c(cc2Cl)NC(=O)C3)CC1. The predicted molar refractivity (Wildman–Crippen MR) is 104 cm³/mol. The number of nitrogens with two attached hydrogens (primary N) is 1. The Labute approximate surface area is 163 Å². The van der Waals surface area contributed by atoms with E-state index in [0.717, 1.165) is 18.4 Å². The van der Waals surface area contributed by atoms with Crippen LogP contribution in [-0.4, -0.2) is 47.8 Å². The van der Waals surface area contributed by atoms with E-state index in [2.05, 4.69) is 10.6 Å². The molecule has 0 aliphatic carbocycles. The van der Waals surface area contributed by atoms with E-state index < -0.39 is 6.04 Å². The van der Waals surface area contributed by atoms with Gasteiger partial charge in [-0.2, -0.15) is 0 Å². The van der Waals surface area contributed by atoms with Gasteiger partial charge in [0.25, 0.3) is 5.91 Å². The Morgan fingerprint density at radius 2 is 1.96 bits per heavy atom. The highest BCUT2D eigenvalue weighted by atomic mass is 35.5. The van der Waals surface area contributed by atoms with E-state index in [-0.39, 0.29) is 36.1 Å². The summed E-state index contributed by atoms with van der Waals surface area (Å²) in [6.45, 7) is 4.97. The van der Waals surface area contributed by atoms with Gasteiger partial charge in [-0.1, -0.05) is 11.6 Å². The fraction of sp³-hybridized carbons (Fsp3) is 0.526. The highest BCUT2D eigenvalue weighted by Crippen LogP contribution is 2.30. The minimum atomic E-state index is -0.484. The normalized spacial score (nSPS) is 19.3. The molecule has 2 heterocycles. The number of amides is 3. The first-order valence-corrected chi connectivity index (χ1v) is 9.61. The van der Waals surface area contributed by atoms with Gasteiger partial charge in [0.2, 0.25) is 11.8 Å². The molecule has 0 radical (unpaired) electrons. The Morgan fingerprint density at radius 1 is 1.30 bits per heavy atom. The molecule has 3 rings (SSSR count). The molecule has 2 atom stereocenters. The minimum Gasteiger partial charge on any atom is -0.349 e. The summed E-state index contributed by atoms with van der Waals surface area (Å²) in [5, 5.41) is 6.06. The molecular formula is C19H25ClN4O3. The fourth-order valence-corrected chi connectivity index (χ4v) is 3.98. The van der Waals surface area contributed by atoms with Crippen molar-refractivity contribution in [1.29, 1.82) is 0 Å². The number of likely N-dealkylation sites (tertiary alicyclic amines) is 1. The lowest BCUT2D eigenvalue weighted by Crippen LogP contribution is -2.49. The van der Waals surface area contributed by atoms with Crippen LogP contribution in [0, 0.1) is 5.92 Å². The number of fused-ring (bicyclic) bond motifs is 1. The molecule has 8 heteroatoms. The van der Waals surface area contributed by atoms with E-state index in [9.17, 15) is 14.4 Å². The molecule has 0 spiro atoms. The topological polar surface area (TPSA) is 105 Å². The maximum absolute atomic E-state index is 12.7. The lowest BCUT2D eigenvalue weighted by molar-refractivity contribution is -0.133. The molecule has 1 fully saturated rings. The average Bonchev–Trinajstić information content (AvgIpc) is 2.99. The molecule has 146 valence electrons. The molecule has 3 amide bonds. The van der Waals surface area contributed by atoms with Gasteiger partial charge in [-0.3, -0.25) is 14.4 Å². The third-order valence-corrected chi connectivity index (χ3v) is 5.68. The zero-order chi connectivity index (χ0) is 19.7. The van der Waals surface area contributed by atoms with Gasteiger partial charge in [0.15, 0.2) is 0 Å². The summed E-state index contributed by atoms with van der Waals surface area (Å²) in [4.78, 5) is 37.9. The van der Waals surface area contributed by atoms with Crippen LogP contribution >= 0.6 is 11.6 Å². The Morgan fingerprint density at radius 3 is 2.59 bits per heavy atom. The fourth-order valence-electron chi connectivity index (χ4n) is 3.73. The molecule has 1 aromatic carbocycles. The molecule has 2 unspecified atom stereocenters. The lowest BCUT2D eigenvalue weighted by Gasteiger charge is -2.35. The molecule has 0 bridgehead atoms. The van der Waals surface area contributed by atoms with Gasteiger partial charge < -0.3 is 21.3 Å². The molecule has 4 N–H and O–H groups in total. The van der Waals surface area contributed by atoms with Crippen molar-refractivity contribution < 1.29 is 14.4 Å². The van der Waals surface area contributed by atoms with Crippen molar-refractivity contribution in [2.24, 2.45) is 11.7 Å². The van der Waals surface area contributed by atoms with E-state index in [1.54, 1.807) is 24.0 Å². The molecule has 0 aromatic heterocycles. The molecular weight excluding hydrogens is 368 g/mol. The number of carbonyl (C=O) groups is 3. The minimum absolute atomic E-state index is 0.0294. The van der Waals surface area contributed by atoms with Gasteiger partial charge in [-0.25, -0.2) is 0 Å². The van der Waals surface area contributed by atoms with E-state index in [1.807, 2.05) is 6.92 Å². The Kier molecular flexibility index (Phi) is 5.72.